The van der Waals surface area contributed by atoms with Gasteiger partial charge in [0, 0.05) is 0 Å². The summed E-state index contributed by atoms with van der Waals surface area (Å²) in [6.45, 7) is 10.7. The third-order valence-electron chi connectivity index (χ3n) is 4.05. The van der Waals surface area contributed by atoms with Crippen LogP contribution >= 0.6 is 11.6 Å². The molecular weight excluding hydrogens is 252 g/mol. The van der Waals surface area contributed by atoms with Gasteiger partial charge in [0.25, 0.3) is 0 Å². The predicted octanol–water partition coefficient (Wildman–Crippen LogP) is 5.56. The van der Waals surface area contributed by atoms with Crippen LogP contribution in [0.15, 0.2) is 30.3 Å². The Morgan fingerprint density at radius 3 is 1.74 bits per heavy atom. The van der Waals surface area contributed by atoms with Crippen molar-refractivity contribution in [2.45, 2.75) is 40.0 Å². The van der Waals surface area contributed by atoms with Gasteiger partial charge in [-0.3, -0.25) is 0 Å². The van der Waals surface area contributed by atoms with Crippen molar-refractivity contribution in [1.29, 1.82) is 0 Å². The van der Waals surface area contributed by atoms with E-state index in [9.17, 15) is 0 Å². The van der Waals surface area contributed by atoms with E-state index in [1.54, 1.807) is 0 Å². The van der Waals surface area contributed by atoms with E-state index >= 15 is 0 Å². The Morgan fingerprint density at radius 2 is 1.26 bits per heavy atom. The van der Waals surface area contributed by atoms with Gasteiger partial charge in [-0.15, -0.1) is 11.6 Å². The monoisotopic (exact) mass is 272 g/mol. The Hall–Kier alpha value is -1.27. The van der Waals surface area contributed by atoms with Crippen molar-refractivity contribution in [1.82, 2.24) is 0 Å². The van der Waals surface area contributed by atoms with Crippen LogP contribution in [0.5, 0.6) is 0 Å². The molecule has 0 spiro atoms. The summed E-state index contributed by atoms with van der Waals surface area (Å²) in [5.74, 6) is 0. The maximum atomic E-state index is 6.74. The summed E-state index contributed by atoms with van der Waals surface area (Å²) in [6.07, 6.45) is 0. The van der Waals surface area contributed by atoms with Crippen LogP contribution in [0.2, 0.25) is 0 Å². The zero-order chi connectivity index (χ0) is 14.2. The number of rotatable bonds is 2. The molecular formula is C18H21Cl. The number of benzene rings is 2. The van der Waals surface area contributed by atoms with Gasteiger partial charge in [-0.05, 0) is 68.0 Å². The number of aryl methyl sites for hydroxylation is 3. The lowest BCUT2D eigenvalue weighted by Crippen LogP contribution is -2.03. The van der Waals surface area contributed by atoms with Crippen molar-refractivity contribution in [2.75, 3.05) is 0 Å². The highest BCUT2D eigenvalue weighted by atomic mass is 35.5. The summed E-state index contributed by atoms with van der Waals surface area (Å²) >= 11 is 6.74. The summed E-state index contributed by atoms with van der Waals surface area (Å²) in [7, 11) is 0. The fourth-order valence-corrected chi connectivity index (χ4v) is 3.00. The van der Waals surface area contributed by atoms with Gasteiger partial charge in [0.15, 0.2) is 0 Å². The third-order valence-corrected chi connectivity index (χ3v) is 4.52. The largest absolute Gasteiger partial charge is 0.113 e. The van der Waals surface area contributed by atoms with E-state index in [1.165, 1.54) is 38.9 Å². The lowest BCUT2D eigenvalue weighted by molar-refractivity contribution is 1.05. The van der Waals surface area contributed by atoms with Crippen molar-refractivity contribution < 1.29 is 0 Å². The fourth-order valence-electron chi connectivity index (χ4n) is 2.53. The molecule has 0 aliphatic rings. The molecule has 0 saturated carbocycles. The zero-order valence-corrected chi connectivity index (χ0v) is 13.1. The predicted molar refractivity (Wildman–Crippen MR) is 84.3 cm³/mol. The molecule has 2 aromatic carbocycles. The molecule has 0 N–H and O–H groups in total. The van der Waals surface area contributed by atoms with Crippen LogP contribution in [-0.4, -0.2) is 0 Å². The lowest BCUT2D eigenvalue weighted by Gasteiger charge is -2.20. The second-order valence-corrected chi connectivity index (χ2v) is 5.88. The van der Waals surface area contributed by atoms with Gasteiger partial charge in [0.2, 0.25) is 0 Å². The standard InChI is InChI=1S/C18H21Cl/c1-11-6-8-16(9-7-11)18(19)17-14(4)12(2)10-13(3)15(17)5/h6-10,18H,1-5H3. The van der Waals surface area contributed by atoms with E-state index in [0.29, 0.717) is 0 Å². The highest BCUT2D eigenvalue weighted by Gasteiger charge is 2.18. The Labute approximate surface area is 121 Å². The topological polar surface area (TPSA) is 0 Å². The van der Waals surface area contributed by atoms with Crippen molar-refractivity contribution >= 4 is 11.6 Å². The molecule has 0 amide bonds. The first kappa shape index (κ1) is 14.1. The van der Waals surface area contributed by atoms with Gasteiger partial charge in [0.1, 0.15) is 0 Å². The maximum Gasteiger partial charge on any atom is 0.0840 e. The molecule has 100 valence electrons. The molecule has 0 aliphatic carbocycles. The van der Waals surface area contributed by atoms with Gasteiger partial charge < -0.3 is 0 Å². The SMILES string of the molecule is Cc1ccc(C(Cl)c2c(C)c(C)cc(C)c2C)cc1. The van der Waals surface area contributed by atoms with Crippen LogP contribution in [-0.2, 0) is 0 Å². The smallest absolute Gasteiger partial charge is 0.0840 e. The van der Waals surface area contributed by atoms with Gasteiger partial charge in [-0.2, -0.15) is 0 Å². The van der Waals surface area contributed by atoms with Gasteiger partial charge in [0.05, 0.1) is 5.38 Å². The molecule has 1 heteroatoms. The second-order valence-electron chi connectivity index (χ2n) is 5.45. The van der Waals surface area contributed by atoms with E-state index < -0.39 is 0 Å². The minimum atomic E-state index is -0.0702. The molecule has 0 heterocycles. The van der Waals surface area contributed by atoms with Crippen LogP contribution in [0.4, 0.5) is 0 Å². The van der Waals surface area contributed by atoms with Crippen molar-refractivity contribution in [3.05, 3.63) is 69.3 Å². The molecule has 0 bridgehead atoms. The van der Waals surface area contributed by atoms with Crippen LogP contribution in [0, 0.1) is 34.6 Å². The van der Waals surface area contributed by atoms with Crippen LogP contribution in [0.25, 0.3) is 0 Å². The normalized spacial score (nSPS) is 12.5. The maximum absolute atomic E-state index is 6.74. The van der Waals surface area contributed by atoms with E-state index in [2.05, 4.69) is 65.0 Å². The summed E-state index contributed by atoms with van der Waals surface area (Å²) in [5.41, 5.74) is 8.95. The minimum Gasteiger partial charge on any atom is -0.113 e. The Bertz CT molecular complexity index is 568. The molecule has 2 rings (SSSR count). The van der Waals surface area contributed by atoms with E-state index in [-0.39, 0.29) is 5.38 Å². The quantitative estimate of drug-likeness (QED) is 0.628. The average molecular weight is 273 g/mol. The molecule has 2 aromatic rings. The number of hydrogen-bond acceptors (Lipinski definition) is 0. The molecule has 0 nitrogen and oxygen atoms in total. The summed E-state index contributed by atoms with van der Waals surface area (Å²) < 4.78 is 0. The average Bonchev–Trinajstić information content (AvgIpc) is 2.37. The first-order valence-corrected chi connectivity index (χ1v) is 7.13. The van der Waals surface area contributed by atoms with Crippen LogP contribution in [0.3, 0.4) is 0 Å². The molecule has 0 radical (unpaired) electrons. The molecule has 0 aliphatic heterocycles. The van der Waals surface area contributed by atoms with Gasteiger partial charge >= 0.3 is 0 Å². The van der Waals surface area contributed by atoms with Crippen LogP contribution in [0.1, 0.15) is 44.3 Å². The number of halogens is 1. The van der Waals surface area contributed by atoms with E-state index in [0.717, 1.165) is 0 Å². The summed E-state index contributed by atoms with van der Waals surface area (Å²) in [4.78, 5) is 0. The fraction of sp³-hybridized carbons (Fsp3) is 0.333. The molecule has 0 fully saturated rings. The highest BCUT2D eigenvalue weighted by Crippen LogP contribution is 2.35. The zero-order valence-electron chi connectivity index (χ0n) is 12.3. The summed E-state index contributed by atoms with van der Waals surface area (Å²) in [5, 5.41) is -0.0702. The Balaban J connectivity index is 2.55. The molecule has 0 saturated heterocycles. The first-order valence-electron chi connectivity index (χ1n) is 6.69. The Morgan fingerprint density at radius 1 is 0.789 bits per heavy atom. The third kappa shape index (κ3) is 2.69. The number of hydrogen-bond donors (Lipinski definition) is 0. The van der Waals surface area contributed by atoms with Crippen molar-refractivity contribution in [3.63, 3.8) is 0 Å². The molecule has 0 aromatic heterocycles. The number of alkyl halides is 1. The van der Waals surface area contributed by atoms with Crippen LogP contribution < -0.4 is 0 Å². The second kappa shape index (κ2) is 5.38. The molecule has 19 heavy (non-hydrogen) atoms. The van der Waals surface area contributed by atoms with Gasteiger partial charge in [-0.25, -0.2) is 0 Å². The van der Waals surface area contributed by atoms with E-state index in [4.69, 9.17) is 11.6 Å². The highest BCUT2D eigenvalue weighted by molar-refractivity contribution is 6.22. The molecule has 1 atom stereocenters. The Kier molecular flexibility index (Phi) is 4.01. The van der Waals surface area contributed by atoms with Gasteiger partial charge in [-0.1, -0.05) is 35.9 Å². The van der Waals surface area contributed by atoms with E-state index in [1.807, 2.05) is 0 Å². The minimum absolute atomic E-state index is 0.0702. The molecule has 1 unspecified atom stereocenters. The van der Waals surface area contributed by atoms with Crippen molar-refractivity contribution in [3.8, 4) is 0 Å². The first-order chi connectivity index (χ1) is 8.91. The lowest BCUT2D eigenvalue weighted by atomic mass is 9.90. The van der Waals surface area contributed by atoms with Crippen molar-refractivity contribution in [2.24, 2.45) is 0 Å². The summed E-state index contributed by atoms with van der Waals surface area (Å²) in [6, 6.07) is 10.7.